The number of alkyl halides is 3. The molecule has 1 aliphatic heterocycles. The molecular formula is C21H27F3N6O2. The number of H-pyrrole nitrogens is 1. The average Bonchev–Trinajstić information content (AvgIpc) is 3.13. The number of aromatic nitrogens is 2. The highest BCUT2D eigenvalue weighted by molar-refractivity contribution is 5.92. The predicted octanol–water partition coefficient (Wildman–Crippen LogP) is 1.86. The van der Waals surface area contributed by atoms with Gasteiger partial charge in [0, 0.05) is 37.5 Å². The van der Waals surface area contributed by atoms with E-state index in [1.165, 1.54) is 11.0 Å². The number of nitrogens with two attached hydrogens (primary N) is 1. The molecule has 2 aliphatic rings. The monoisotopic (exact) mass is 452 g/mol. The van der Waals surface area contributed by atoms with E-state index in [1.807, 2.05) is 0 Å². The van der Waals surface area contributed by atoms with Crippen LogP contribution in [-0.2, 0) is 15.8 Å². The van der Waals surface area contributed by atoms with Crippen LogP contribution in [0.1, 0.15) is 31.2 Å². The molecule has 2 heterocycles. The number of carbonyl (C=O) groups is 2. The van der Waals surface area contributed by atoms with E-state index < -0.39 is 11.7 Å². The maximum absolute atomic E-state index is 13.0. The number of halogens is 3. The standard InChI is InChI=1S/C21H27F3N6O2/c1-29(20-16-8-13(21(22,23)24)4-7-17(16)27-28-20)11-18(31)26-14-9-30(10-14)15-5-2-12(3-6-15)19(25)32/h4,7-8,12,14-15H,2-3,5-6,9-11H2,1H3,(H2,25,32)(H,26,31)(H,27,28). The number of amides is 2. The summed E-state index contributed by atoms with van der Waals surface area (Å²) in [6.45, 7) is 1.49. The number of likely N-dealkylation sites (N-methyl/N-ethyl adjacent to an activating group) is 1. The summed E-state index contributed by atoms with van der Waals surface area (Å²) in [5.41, 5.74) is 5.10. The fourth-order valence-electron chi connectivity index (χ4n) is 4.66. The van der Waals surface area contributed by atoms with E-state index >= 15 is 0 Å². The number of aromatic amines is 1. The van der Waals surface area contributed by atoms with Crippen molar-refractivity contribution < 1.29 is 22.8 Å². The van der Waals surface area contributed by atoms with E-state index in [0.717, 1.165) is 50.9 Å². The summed E-state index contributed by atoms with van der Waals surface area (Å²) in [5, 5.41) is 10.1. The third-order valence-corrected chi connectivity index (χ3v) is 6.50. The molecule has 1 aromatic carbocycles. The zero-order chi connectivity index (χ0) is 23.0. The Morgan fingerprint density at radius 2 is 1.94 bits per heavy atom. The SMILES string of the molecule is CN(CC(=O)NC1CN(C2CCC(C(N)=O)CC2)C1)c1n[nH]c2ccc(C(F)(F)F)cc12. The Balaban J connectivity index is 1.28. The van der Waals surface area contributed by atoms with Gasteiger partial charge in [-0.15, -0.1) is 0 Å². The van der Waals surface area contributed by atoms with Gasteiger partial charge in [-0.05, 0) is 43.9 Å². The lowest BCUT2D eigenvalue weighted by molar-refractivity contribution is -0.137. The Morgan fingerprint density at radius 1 is 1.25 bits per heavy atom. The Labute approximate surface area is 183 Å². The number of rotatable bonds is 6. The maximum atomic E-state index is 13.0. The quantitative estimate of drug-likeness (QED) is 0.620. The van der Waals surface area contributed by atoms with Crippen LogP contribution in [0.15, 0.2) is 18.2 Å². The van der Waals surface area contributed by atoms with E-state index in [1.54, 1.807) is 7.05 Å². The first-order chi connectivity index (χ1) is 15.1. The number of nitrogens with one attached hydrogen (secondary N) is 2. The fourth-order valence-corrected chi connectivity index (χ4v) is 4.66. The molecule has 1 saturated carbocycles. The van der Waals surface area contributed by atoms with Crippen molar-refractivity contribution >= 4 is 28.5 Å². The highest BCUT2D eigenvalue weighted by Gasteiger charge is 2.36. The predicted molar refractivity (Wildman–Crippen MR) is 113 cm³/mol. The van der Waals surface area contributed by atoms with Crippen molar-refractivity contribution in [1.82, 2.24) is 20.4 Å². The molecule has 2 fully saturated rings. The molecular weight excluding hydrogens is 425 g/mol. The van der Waals surface area contributed by atoms with E-state index in [0.29, 0.717) is 22.8 Å². The van der Waals surface area contributed by atoms with Crippen LogP contribution in [0.4, 0.5) is 19.0 Å². The minimum absolute atomic E-state index is 0.0174. The van der Waals surface area contributed by atoms with Gasteiger partial charge in [0.15, 0.2) is 5.82 Å². The van der Waals surface area contributed by atoms with Crippen LogP contribution in [0.5, 0.6) is 0 Å². The summed E-state index contributed by atoms with van der Waals surface area (Å²) >= 11 is 0. The molecule has 1 saturated heterocycles. The second kappa shape index (κ2) is 8.61. The normalized spacial score (nSPS) is 22.5. The van der Waals surface area contributed by atoms with Crippen molar-refractivity contribution in [2.24, 2.45) is 11.7 Å². The van der Waals surface area contributed by atoms with Gasteiger partial charge in [-0.1, -0.05) is 0 Å². The summed E-state index contributed by atoms with van der Waals surface area (Å²) < 4.78 is 39.1. The molecule has 11 heteroatoms. The van der Waals surface area contributed by atoms with Crippen LogP contribution < -0.4 is 16.0 Å². The van der Waals surface area contributed by atoms with Crippen LogP contribution >= 0.6 is 0 Å². The summed E-state index contributed by atoms with van der Waals surface area (Å²) in [6.07, 6.45) is -0.960. The summed E-state index contributed by atoms with van der Waals surface area (Å²) in [7, 11) is 1.62. The number of anilines is 1. The zero-order valence-electron chi connectivity index (χ0n) is 17.8. The molecule has 4 N–H and O–H groups in total. The molecule has 1 aliphatic carbocycles. The highest BCUT2D eigenvalue weighted by Crippen LogP contribution is 2.33. The molecule has 174 valence electrons. The second-order valence-corrected chi connectivity index (χ2v) is 8.79. The van der Waals surface area contributed by atoms with E-state index in [9.17, 15) is 22.8 Å². The molecule has 32 heavy (non-hydrogen) atoms. The van der Waals surface area contributed by atoms with Gasteiger partial charge < -0.3 is 16.0 Å². The van der Waals surface area contributed by atoms with Crippen molar-refractivity contribution in [1.29, 1.82) is 0 Å². The molecule has 0 spiro atoms. The van der Waals surface area contributed by atoms with Gasteiger partial charge in [-0.25, -0.2) is 0 Å². The van der Waals surface area contributed by atoms with Crippen molar-refractivity contribution in [3.05, 3.63) is 23.8 Å². The topological polar surface area (TPSA) is 107 Å². The van der Waals surface area contributed by atoms with Gasteiger partial charge in [0.2, 0.25) is 11.8 Å². The van der Waals surface area contributed by atoms with Crippen LogP contribution in [0.3, 0.4) is 0 Å². The maximum Gasteiger partial charge on any atom is 0.416 e. The number of primary amides is 1. The largest absolute Gasteiger partial charge is 0.416 e. The molecule has 4 rings (SSSR count). The van der Waals surface area contributed by atoms with Crippen LogP contribution in [0, 0.1) is 5.92 Å². The lowest BCUT2D eigenvalue weighted by Crippen LogP contribution is -2.63. The Hall–Kier alpha value is -2.82. The molecule has 0 atom stereocenters. The second-order valence-electron chi connectivity index (χ2n) is 8.79. The number of carbonyl (C=O) groups excluding carboxylic acids is 2. The van der Waals surface area contributed by atoms with Gasteiger partial charge in [0.1, 0.15) is 0 Å². The lowest BCUT2D eigenvalue weighted by atomic mass is 9.83. The summed E-state index contributed by atoms with van der Waals surface area (Å²) in [5.74, 6) is -0.162. The minimum atomic E-state index is -4.45. The lowest BCUT2D eigenvalue weighted by Gasteiger charge is -2.46. The highest BCUT2D eigenvalue weighted by atomic mass is 19.4. The summed E-state index contributed by atoms with van der Waals surface area (Å²) in [6, 6.07) is 3.83. The first kappa shape index (κ1) is 22.4. The van der Waals surface area contributed by atoms with Crippen molar-refractivity contribution in [3.63, 3.8) is 0 Å². The van der Waals surface area contributed by atoms with Gasteiger partial charge in [-0.2, -0.15) is 18.3 Å². The molecule has 2 aromatic rings. The van der Waals surface area contributed by atoms with Gasteiger partial charge >= 0.3 is 6.18 Å². The van der Waals surface area contributed by atoms with Crippen LogP contribution in [0.25, 0.3) is 10.9 Å². The van der Waals surface area contributed by atoms with Crippen molar-refractivity contribution in [2.75, 3.05) is 31.6 Å². The average molecular weight is 452 g/mol. The van der Waals surface area contributed by atoms with Crippen LogP contribution in [-0.4, -0.2) is 65.7 Å². The Kier molecular flexibility index (Phi) is 6.02. The van der Waals surface area contributed by atoms with Gasteiger partial charge in [-0.3, -0.25) is 19.6 Å². The Bertz CT molecular complexity index is 993. The smallest absolute Gasteiger partial charge is 0.369 e. The molecule has 0 unspecified atom stereocenters. The van der Waals surface area contributed by atoms with Gasteiger partial charge in [0.05, 0.1) is 23.7 Å². The first-order valence-electron chi connectivity index (χ1n) is 10.7. The third kappa shape index (κ3) is 4.67. The van der Waals surface area contributed by atoms with Crippen molar-refractivity contribution in [2.45, 2.75) is 43.9 Å². The molecule has 0 bridgehead atoms. The molecule has 1 aromatic heterocycles. The Morgan fingerprint density at radius 3 is 2.56 bits per heavy atom. The van der Waals surface area contributed by atoms with E-state index in [4.69, 9.17) is 5.73 Å². The molecule has 2 amide bonds. The number of benzene rings is 1. The summed E-state index contributed by atoms with van der Waals surface area (Å²) in [4.78, 5) is 27.6. The van der Waals surface area contributed by atoms with E-state index in [2.05, 4.69) is 20.4 Å². The zero-order valence-corrected chi connectivity index (χ0v) is 17.8. The van der Waals surface area contributed by atoms with Crippen molar-refractivity contribution in [3.8, 4) is 0 Å². The molecule has 0 radical (unpaired) electrons. The first-order valence-corrected chi connectivity index (χ1v) is 10.7. The fraction of sp³-hybridized carbons (Fsp3) is 0.571. The number of likely N-dealkylation sites (tertiary alicyclic amines) is 1. The number of hydrogen-bond donors (Lipinski definition) is 3. The number of fused-ring (bicyclic) bond motifs is 1. The molecule has 8 nitrogen and oxygen atoms in total. The number of hydrogen-bond acceptors (Lipinski definition) is 5. The minimum Gasteiger partial charge on any atom is -0.369 e. The van der Waals surface area contributed by atoms with E-state index in [-0.39, 0.29) is 30.3 Å². The number of nitrogens with zero attached hydrogens (tertiary/aromatic N) is 3. The van der Waals surface area contributed by atoms with Crippen LogP contribution in [0.2, 0.25) is 0 Å². The van der Waals surface area contributed by atoms with Gasteiger partial charge in [0.25, 0.3) is 0 Å². The third-order valence-electron chi connectivity index (χ3n) is 6.50.